The monoisotopic (exact) mass is 322 g/mol. The summed E-state index contributed by atoms with van der Waals surface area (Å²) >= 11 is 5.77. The Labute approximate surface area is 128 Å². The van der Waals surface area contributed by atoms with Crippen molar-refractivity contribution in [3.8, 4) is 11.7 Å². The van der Waals surface area contributed by atoms with Crippen LogP contribution in [0.15, 0.2) is 45.4 Å². The van der Waals surface area contributed by atoms with Gasteiger partial charge < -0.3 is 13.6 Å². The lowest BCUT2D eigenvalue weighted by Gasteiger charge is -2.04. The predicted molar refractivity (Wildman–Crippen MR) is 72.5 cm³/mol. The van der Waals surface area contributed by atoms with Crippen molar-refractivity contribution in [2.45, 2.75) is 6.61 Å². The van der Waals surface area contributed by atoms with Crippen molar-refractivity contribution < 1.29 is 22.8 Å². The van der Waals surface area contributed by atoms with Gasteiger partial charge in [-0.15, -0.1) is 10.2 Å². The molecule has 0 aliphatic carbocycles. The molecular formula is C14H8ClFN2O4. The van der Waals surface area contributed by atoms with Gasteiger partial charge in [0, 0.05) is 0 Å². The summed E-state index contributed by atoms with van der Waals surface area (Å²) < 4.78 is 28.8. The number of hydrogen-bond donors (Lipinski definition) is 0. The number of benzene rings is 1. The average molecular weight is 323 g/mol. The molecule has 0 aliphatic rings. The standard InChI is InChI=1S/C14H8ClFN2O4/c15-8-3-1-4-9(16)12(8)14(19)21-7-11-17-18-13(22-11)10-5-2-6-20-10/h1-6H,7H2. The first-order valence-corrected chi connectivity index (χ1v) is 6.50. The molecule has 2 heterocycles. The first kappa shape index (κ1) is 14.3. The molecule has 6 nitrogen and oxygen atoms in total. The average Bonchev–Trinajstić information content (AvgIpc) is 3.16. The minimum absolute atomic E-state index is 0.0354. The summed E-state index contributed by atoms with van der Waals surface area (Å²) in [7, 11) is 0. The molecule has 0 spiro atoms. The van der Waals surface area contributed by atoms with Crippen LogP contribution in [0.1, 0.15) is 16.2 Å². The fourth-order valence-electron chi connectivity index (χ4n) is 1.70. The van der Waals surface area contributed by atoms with Gasteiger partial charge in [0.25, 0.3) is 11.8 Å². The molecule has 22 heavy (non-hydrogen) atoms. The number of ether oxygens (including phenoxy) is 1. The van der Waals surface area contributed by atoms with E-state index in [1.807, 2.05) is 0 Å². The Morgan fingerprint density at radius 1 is 1.27 bits per heavy atom. The summed E-state index contributed by atoms with van der Waals surface area (Å²) in [5.41, 5.74) is -0.338. The maximum Gasteiger partial charge on any atom is 0.343 e. The number of esters is 1. The third-order valence-electron chi connectivity index (χ3n) is 2.69. The molecule has 0 N–H and O–H groups in total. The van der Waals surface area contributed by atoms with E-state index in [9.17, 15) is 9.18 Å². The summed E-state index contributed by atoms with van der Waals surface area (Å²) in [4.78, 5) is 11.8. The maximum atomic E-state index is 13.6. The molecule has 0 amide bonds. The minimum Gasteiger partial charge on any atom is -0.459 e. The Morgan fingerprint density at radius 3 is 2.86 bits per heavy atom. The molecule has 3 aromatic rings. The number of hydrogen-bond acceptors (Lipinski definition) is 6. The van der Waals surface area contributed by atoms with E-state index in [1.165, 1.54) is 18.4 Å². The van der Waals surface area contributed by atoms with Crippen LogP contribution in [0.4, 0.5) is 4.39 Å². The summed E-state index contributed by atoms with van der Waals surface area (Å²) in [6, 6.07) is 7.21. The third kappa shape index (κ3) is 2.84. The Hall–Kier alpha value is -2.67. The largest absolute Gasteiger partial charge is 0.459 e. The van der Waals surface area contributed by atoms with E-state index in [1.54, 1.807) is 12.1 Å². The number of rotatable bonds is 4. The fourth-order valence-corrected chi connectivity index (χ4v) is 1.94. The van der Waals surface area contributed by atoms with Gasteiger partial charge in [0.05, 0.1) is 11.3 Å². The zero-order valence-corrected chi connectivity index (χ0v) is 11.7. The molecule has 0 saturated carbocycles. The third-order valence-corrected chi connectivity index (χ3v) is 3.01. The normalized spacial score (nSPS) is 10.6. The summed E-state index contributed by atoms with van der Waals surface area (Å²) in [5.74, 6) is -1.09. The molecular weight excluding hydrogens is 315 g/mol. The van der Waals surface area contributed by atoms with E-state index in [0.29, 0.717) is 5.76 Å². The highest BCUT2D eigenvalue weighted by Gasteiger charge is 2.19. The number of aromatic nitrogens is 2. The van der Waals surface area contributed by atoms with Gasteiger partial charge in [0.2, 0.25) is 0 Å². The molecule has 1 aromatic carbocycles. The van der Waals surface area contributed by atoms with Crippen LogP contribution in [-0.4, -0.2) is 16.2 Å². The Morgan fingerprint density at radius 2 is 2.14 bits per heavy atom. The highest BCUT2D eigenvalue weighted by atomic mass is 35.5. The SMILES string of the molecule is O=C(OCc1nnc(-c2ccco2)o1)c1c(F)cccc1Cl. The van der Waals surface area contributed by atoms with Crippen LogP contribution in [0, 0.1) is 5.82 Å². The Kier molecular flexibility index (Phi) is 3.88. The Bertz CT molecular complexity index is 781. The van der Waals surface area contributed by atoms with Crippen LogP contribution in [0.25, 0.3) is 11.7 Å². The van der Waals surface area contributed by atoms with Gasteiger partial charge in [0.15, 0.2) is 12.4 Å². The molecule has 0 fully saturated rings. The van der Waals surface area contributed by atoms with Crippen molar-refractivity contribution in [3.63, 3.8) is 0 Å². The van der Waals surface area contributed by atoms with E-state index in [-0.39, 0.29) is 29.0 Å². The molecule has 0 bridgehead atoms. The number of nitrogens with zero attached hydrogens (tertiary/aromatic N) is 2. The van der Waals surface area contributed by atoms with E-state index in [0.717, 1.165) is 6.07 Å². The van der Waals surface area contributed by atoms with E-state index in [2.05, 4.69) is 10.2 Å². The highest BCUT2D eigenvalue weighted by Crippen LogP contribution is 2.21. The molecule has 112 valence electrons. The predicted octanol–water partition coefficient (Wildman–Crippen LogP) is 3.48. The lowest BCUT2D eigenvalue weighted by Crippen LogP contribution is -2.08. The Balaban J connectivity index is 1.69. The van der Waals surface area contributed by atoms with Gasteiger partial charge in [0.1, 0.15) is 11.4 Å². The van der Waals surface area contributed by atoms with Crippen molar-refractivity contribution >= 4 is 17.6 Å². The first-order chi connectivity index (χ1) is 10.6. The molecule has 2 aromatic heterocycles. The van der Waals surface area contributed by atoms with Gasteiger partial charge in [-0.25, -0.2) is 9.18 Å². The van der Waals surface area contributed by atoms with Gasteiger partial charge in [-0.3, -0.25) is 0 Å². The van der Waals surface area contributed by atoms with Crippen LogP contribution in [-0.2, 0) is 11.3 Å². The molecule has 3 rings (SSSR count). The summed E-state index contributed by atoms with van der Waals surface area (Å²) in [6.07, 6.45) is 1.46. The van der Waals surface area contributed by atoms with Crippen LogP contribution >= 0.6 is 11.6 Å². The van der Waals surface area contributed by atoms with Crippen molar-refractivity contribution in [1.29, 1.82) is 0 Å². The number of furan rings is 1. The van der Waals surface area contributed by atoms with Gasteiger partial charge in [-0.1, -0.05) is 17.7 Å². The second-order valence-corrected chi connectivity index (χ2v) is 4.56. The van der Waals surface area contributed by atoms with Crippen molar-refractivity contribution in [2.75, 3.05) is 0 Å². The second kappa shape index (κ2) is 5.98. The molecule has 0 atom stereocenters. The van der Waals surface area contributed by atoms with Crippen molar-refractivity contribution in [2.24, 2.45) is 0 Å². The van der Waals surface area contributed by atoms with E-state index in [4.69, 9.17) is 25.2 Å². The van der Waals surface area contributed by atoms with Crippen molar-refractivity contribution in [3.05, 3.63) is 58.9 Å². The van der Waals surface area contributed by atoms with E-state index >= 15 is 0 Å². The molecule has 0 saturated heterocycles. The van der Waals surface area contributed by atoms with Crippen LogP contribution < -0.4 is 0 Å². The molecule has 0 aliphatic heterocycles. The quantitative estimate of drug-likeness (QED) is 0.684. The number of halogens is 2. The number of carbonyl (C=O) groups is 1. The fraction of sp³-hybridized carbons (Fsp3) is 0.0714. The van der Waals surface area contributed by atoms with Gasteiger partial charge in [-0.05, 0) is 24.3 Å². The van der Waals surface area contributed by atoms with Gasteiger partial charge in [-0.2, -0.15) is 0 Å². The lowest BCUT2D eigenvalue weighted by atomic mass is 10.2. The minimum atomic E-state index is -0.916. The summed E-state index contributed by atoms with van der Waals surface area (Å²) in [6.45, 7) is -0.308. The molecule has 0 unspecified atom stereocenters. The highest BCUT2D eigenvalue weighted by molar-refractivity contribution is 6.33. The maximum absolute atomic E-state index is 13.6. The topological polar surface area (TPSA) is 78.4 Å². The first-order valence-electron chi connectivity index (χ1n) is 6.12. The smallest absolute Gasteiger partial charge is 0.343 e. The second-order valence-electron chi connectivity index (χ2n) is 4.15. The van der Waals surface area contributed by atoms with Crippen LogP contribution in [0.3, 0.4) is 0 Å². The molecule has 8 heteroatoms. The lowest BCUT2D eigenvalue weighted by molar-refractivity contribution is 0.0433. The van der Waals surface area contributed by atoms with Crippen LogP contribution in [0.5, 0.6) is 0 Å². The van der Waals surface area contributed by atoms with Gasteiger partial charge >= 0.3 is 5.97 Å². The van der Waals surface area contributed by atoms with Crippen molar-refractivity contribution in [1.82, 2.24) is 10.2 Å². The number of carbonyl (C=O) groups excluding carboxylic acids is 1. The van der Waals surface area contributed by atoms with Crippen LogP contribution in [0.2, 0.25) is 5.02 Å². The van der Waals surface area contributed by atoms with E-state index < -0.39 is 11.8 Å². The zero-order valence-electron chi connectivity index (χ0n) is 11.0. The molecule has 0 radical (unpaired) electrons. The summed E-state index contributed by atoms with van der Waals surface area (Å²) in [5, 5.41) is 7.41. The zero-order chi connectivity index (χ0) is 15.5.